The van der Waals surface area contributed by atoms with Crippen LogP contribution < -0.4 is 0 Å². The standard InChI is InChI=1S/C21H32N4O2/c1-17(23(2)3)20(27)24-14-9-21(10-15-24)8-4-19(26)25(16-21)13-7-18-5-11-22-12-6-18/h5-6,11-12,17H,4,7-10,13-16H2,1-3H3/t17-/m1/s1. The first kappa shape index (κ1) is 19.8. The van der Waals surface area contributed by atoms with Crippen LogP contribution in [-0.4, -0.2) is 77.8 Å². The normalized spacial score (nSPS) is 21.0. The van der Waals surface area contributed by atoms with Crippen LogP contribution in [0.5, 0.6) is 0 Å². The average Bonchev–Trinajstić information content (AvgIpc) is 2.69. The van der Waals surface area contributed by atoms with E-state index in [0.717, 1.165) is 51.9 Å². The SMILES string of the molecule is C[C@H](C(=O)N1CCC2(CCC(=O)N(CCc3ccncc3)C2)CC1)N(C)C. The Kier molecular flexibility index (Phi) is 6.15. The molecule has 1 spiro atoms. The molecule has 0 bridgehead atoms. The molecular formula is C21H32N4O2. The van der Waals surface area contributed by atoms with Gasteiger partial charge in [0.2, 0.25) is 11.8 Å². The Bertz CT molecular complexity index is 653. The average molecular weight is 373 g/mol. The molecule has 6 nitrogen and oxygen atoms in total. The van der Waals surface area contributed by atoms with E-state index >= 15 is 0 Å². The first-order chi connectivity index (χ1) is 12.9. The highest BCUT2D eigenvalue weighted by Crippen LogP contribution is 2.40. The van der Waals surface area contributed by atoms with E-state index in [2.05, 4.69) is 4.98 Å². The second kappa shape index (κ2) is 8.38. The van der Waals surface area contributed by atoms with Gasteiger partial charge in [-0.3, -0.25) is 19.5 Å². The van der Waals surface area contributed by atoms with Crippen molar-refractivity contribution in [3.8, 4) is 0 Å². The van der Waals surface area contributed by atoms with Gasteiger partial charge in [0, 0.05) is 45.0 Å². The van der Waals surface area contributed by atoms with Crippen LogP contribution in [0.1, 0.15) is 38.2 Å². The molecule has 2 aliphatic heterocycles. The molecule has 2 aliphatic rings. The van der Waals surface area contributed by atoms with Gasteiger partial charge in [0.15, 0.2) is 0 Å². The van der Waals surface area contributed by atoms with E-state index in [1.54, 1.807) is 12.4 Å². The van der Waals surface area contributed by atoms with Crippen LogP contribution in [0.25, 0.3) is 0 Å². The van der Waals surface area contributed by atoms with Crippen molar-refractivity contribution in [2.45, 2.75) is 45.1 Å². The highest BCUT2D eigenvalue weighted by atomic mass is 16.2. The van der Waals surface area contributed by atoms with E-state index < -0.39 is 0 Å². The second-order valence-electron chi connectivity index (χ2n) is 8.39. The van der Waals surface area contributed by atoms with Crippen LogP contribution in [-0.2, 0) is 16.0 Å². The van der Waals surface area contributed by atoms with Gasteiger partial charge in [-0.05, 0) is 69.8 Å². The monoisotopic (exact) mass is 372 g/mol. The number of likely N-dealkylation sites (tertiary alicyclic amines) is 2. The van der Waals surface area contributed by atoms with Crippen molar-refractivity contribution in [3.63, 3.8) is 0 Å². The number of carbonyl (C=O) groups excluding carboxylic acids is 2. The molecule has 2 saturated heterocycles. The predicted molar refractivity (Wildman–Crippen MR) is 105 cm³/mol. The van der Waals surface area contributed by atoms with Crippen LogP contribution in [0.15, 0.2) is 24.5 Å². The fourth-order valence-electron chi connectivity index (χ4n) is 4.21. The number of rotatable bonds is 5. The molecule has 1 atom stereocenters. The number of nitrogens with zero attached hydrogens (tertiary/aromatic N) is 4. The van der Waals surface area contributed by atoms with E-state index in [9.17, 15) is 9.59 Å². The summed E-state index contributed by atoms with van der Waals surface area (Å²) in [7, 11) is 3.89. The number of amides is 2. The lowest BCUT2D eigenvalue weighted by molar-refractivity contribution is -0.144. The van der Waals surface area contributed by atoms with Crippen molar-refractivity contribution in [3.05, 3.63) is 30.1 Å². The summed E-state index contributed by atoms with van der Waals surface area (Å²) in [4.78, 5) is 35.1. The van der Waals surface area contributed by atoms with Crippen LogP contribution in [0, 0.1) is 5.41 Å². The third-order valence-electron chi connectivity index (χ3n) is 6.44. The topological polar surface area (TPSA) is 56.8 Å². The molecule has 27 heavy (non-hydrogen) atoms. The van der Waals surface area contributed by atoms with Crippen LogP contribution in [0.4, 0.5) is 0 Å². The van der Waals surface area contributed by atoms with E-state index in [1.807, 2.05) is 47.9 Å². The number of pyridine rings is 1. The van der Waals surface area contributed by atoms with Gasteiger partial charge in [-0.15, -0.1) is 0 Å². The molecule has 2 amide bonds. The lowest BCUT2D eigenvalue weighted by Crippen LogP contribution is -2.54. The summed E-state index contributed by atoms with van der Waals surface area (Å²) in [5.41, 5.74) is 1.40. The Morgan fingerprint density at radius 1 is 1.22 bits per heavy atom. The van der Waals surface area contributed by atoms with Gasteiger partial charge in [0.1, 0.15) is 0 Å². The molecule has 0 aromatic carbocycles. The van der Waals surface area contributed by atoms with E-state index in [4.69, 9.17) is 0 Å². The third kappa shape index (κ3) is 4.67. The molecule has 3 heterocycles. The largest absolute Gasteiger partial charge is 0.342 e. The molecule has 0 radical (unpaired) electrons. The highest BCUT2D eigenvalue weighted by molar-refractivity contribution is 5.81. The van der Waals surface area contributed by atoms with Crippen molar-refractivity contribution in [1.82, 2.24) is 19.7 Å². The maximum atomic E-state index is 12.6. The third-order valence-corrected chi connectivity index (χ3v) is 6.44. The molecule has 0 N–H and O–H groups in total. The predicted octanol–water partition coefficient (Wildman–Crippen LogP) is 1.81. The van der Waals surface area contributed by atoms with E-state index in [-0.39, 0.29) is 23.3 Å². The number of piperidine rings is 2. The first-order valence-electron chi connectivity index (χ1n) is 10.0. The minimum atomic E-state index is -0.0798. The van der Waals surface area contributed by atoms with Crippen LogP contribution in [0.2, 0.25) is 0 Å². The number of likely N-dealkylation sites (N-methyl/N-ethyl adjacent to an activating group) is 1. The minimum absolute atomic E-state index is 0.0798. The summed E-state index contributed by atoms with van der Waals surface area (Å²) in [5, 5.41) is 0. The van der Waals surface area contributed by atoms with E-state index in [1.165, 1.54) is 5.56 Å². The molecule has 3 rings (SSSR count). The Labute approximate surface area is 162 Å². The minimum Gasteiger partial charge on any atom is -0.342 e. The Balaban J connectivity index is 1.56. The van der Waals surface area contributed by atoms with Crippen LogP contribution >= 0.6 is 0 Å². The van der Waals surface area contributed by atoms with Crippen molar-refractivity contribution < 1.29 is 9.59 Å². The van der Waals surface area contributed by atoms with Crippen LogP contribution in [0.3, 0.4) is 0 Å². The van der Waals surface area contributed by atoms with Gasteiger partial charge in [0.25, 0.3) is 0 Å². The molecule has 148 valence electrons. The number of hydrogen-bond donors (Lipinski definition) is 0. The van der Waals surface area contributed by atoms with Gasteiger partial charge in [0.05, 0.1) is 6.04 Å². The van der Waals surface area contributed by atoms with Crippen molar-refractivity contribution in [2.24, 2.45) is 5.41 Å². The smallest absolute Gasteiger partial charge is 0.239 e. The maximum absolute atomic E-state index is 12.6. The molecule has 1 aromatic heterocycles. The zero-order valence-corrected chi connectivity index (χ0v) is 16.9. The number of hydrogen-bond acceptors (Lipinski definition) is 4. The van der Waals surface area contributed by atoms with Crippen molar-refractivity contribution >= 4 is 11.8 Å². The highest BCUT2D eigenvalue weighted by Gasteiger charge is 2.42. The first-order valence-corrected chi connectivity index (χ1v) is 10.0. The zero-order valence-electron chi connectivity index (χ0n) is 16.9. The van der Waals surface area contributed by atoms with Gasteiger partial charge in [-0.1, -0.05) is 0 Å². The fourth-order valence-corrected chi connectivity index (χ4v) is 4.21. The summed E-state index contributed by atoms with van der Waals surface area (Å²) < 4.78 is 0. The number of carbonyl (C=O) groups is 2. The second-order valence-corrected chi connectivity index (χ2v) is 8.39. The van der Waals surface area contributed by atoms with Crippen molar-refractivity contribution in [1.29, 1.82) is 0 Å². The molecule has 6 heteroatoms. The zero-order chi connectivity index (χ0) is 19.4. The fraction of sp³-hybridized carbons (Fsp3) is 0.667. The van der Waals surface area contributed by atoms with Gasteiger partial charge in [-0.25, -0.2) is 0 Å². The Morgan fingerprint density at radius 2 is 1.89 bits per heavy atom. The summed E-state index contributed by atoms with van der Waals surface area (Å²) in [6, 6.07) is 3.95. The molecule has 0 aliphatic carbocycles. The van der Waals surface area contributed by atoms with Crippen molar-refractivity contribution in [2.75, 3.05) is 40.3 Å². The summed E-state index contributed by atoms with van der Waals surface area (Å²) >= 11 is 0. The summed E-state index contributed by atoms with van der Waals surface area (Å²) in [6.07, 6.45) is 8.07. The Morgan fingerprint density at radius 3 is 2.52 bits per heavy atom. The molecular weight excluding hydrogens is 340 g/mol. The summed E-state index contributed by atoms with van der Waals surface area (Å²) in [5.74, 6) is 0.491. The molecule has 0 unspecified atom stereocenters. The molecule has 2 fully saturated rings. The lowest BCUT2D eigenvalue weighted by Gasteiger charge is -2.48. The maximum Gasteiger partial charge on any atom is 0.239 e. The van der Waals surface area contributed by atoms with Gasteiger partial charge < -0.3 is 9.80 Å². The van der Waals surface area contributed by atoms with Gasteiger partial charge in [-0.2, -0.15) is 0 Å². The van der Waals surface area contributed by atoms with E-state index in [0.29, 0.717) is 6.42 Å². The summed E-state index contributed by atoms with van der Waals surface area (Å²) in [6.45, 7) is 5.19. The Hall–Kier alpha value is -1.95. The lowest BCUT2D eigenvalue weighted by atomic mass is 9.72. The quantitative estimate of drug-likeness (QED) is 0.791. The molecule has 1 aromatic rings. The molecule has 0 saturated carbocycles. The van der Waals surface area contributed by atoms with Gasteiger partial charge >= 0.3 is 0 Å². The number of aromatic nitrogens is 1.